The number of hydrogen-bond donors (Lipinski definition) is 1. The van der Waals surface area contributed by atoms with E-state index in [1.54, 1.807) is 7.11 Å². The Hall–Kier alpha value is -2.07. The maximum atomic E-state index is 5.64. The van der Waals surface area contributed by atoms with Crippen LogP contribution in [-0.2, 0) is 6.54 Å². The summed E-state index contributed by atoms with van der Waals surface area (Å²) in [6.07, 6.45) is 0.709. The summed E-state index contributed by atoms with van der Waals surface area (Å²) in [5.74, 6) is 0.869. The summed E-state index contributed by atoms with van der Waals surface area (Å²) in [4.78, 5) is 2.83. The van der Waals surface area contributed by atoms with Crippen molar-refractivity contribution < 1.29 is 4.74 Å². The van der Waals surface area contributed by atoms with Crippen molar-refractivity contribution in [3.8, 4) is 5.75 Å². The van der Waals surface area contributed by atoms with Gasteiger partial charge in [-0.05, 0) is 29.8 Å². The van der Waals surface area contributed by atoms with Gasteiger partial charge in [0, 0.05) is 25.2 Å². The number of rotatable bonds is 7. The van der Waals surface area contributed by atoms with Gasteiger partial charge in [0.1, 0.15) is 5.75 Å². The minimum Gasteiger partial charge on any atom is -0.497 e. The largest absolute Gasteiger partial charge is 0.497 e. The first-order chi connectivity index (χ1) is 10.2. The number of hydrogen-bond acceptors (Lipinski definition) is 3. The van der Waals surface area contributed by atoms with E-state index in [0.717, 1.165) is 18.8 Å². The third-order valence-electron chi connectivity index (χ3n) is 3.28. The van der Waals surface area contributed by atoms with Crippen LogP contribution >= 0.6 is 12.2 Å². The average Bonchev–Trinajstić information content (AvgIpc) is 2.52. The zero-order valence-electron chi connectivity index (χ0n) is 12.2. The van der Waals surface area contributed by atoms with E-state index in [2.05, 4.69) is 29.2 Å². The second-order valence-electron chi connectivity index (χ2n) is 4.82. The van der Waals surface area contributed by atoms with Crippen LogP contribution in [0.1, 0.15) is 12.0 Å². The summed E-state index contributed by atoms with van der Waals surface area (Å²) in [5.41, 5.74) is 8.03. The molecule has 0 amide bonds. The number of thiocarbonyl (C=S) groups is 1. The molecular formula is C17H20N2OS. The highest BCUT2D eigenvalue weighted by atomic mass is 32.1. The molecule has 0 fully saturated rings. The molecule has 2 aromatic rings. The van der Waals surface area contributed by atoms with Gasteiger partial charge in [0.05, 0.1) is 12.1 Å². The quantitative estimate of drug-likeness (QED) is 0.796. The summed E-state index contributed by atoms with van der Waals surface area (Å²) >= 11 is 5.00. The van der Waals surface area contributed by atoms with Crippen LogP contribution < -0.4 is 15.4 Å². The van der Waals surface area contributed by atoms with Gasteiger partial charge in [-0.1, -0.05) is 42.5 Å². The molecule has 2 N–H and O–H groups in total. The Morgan fingerprint density at radius 2 is 1.76 bits per heavy atom. The first-order valence-electron chi connectivity index (χ1n) is 6.90. The number of methoxy groups -OCH3 is 1. The normalized spacial score (nSPS) is 10.1. The molecule has 0 atom stereocenters. The molecule has 0 aliphatic carbocycles. The fourth-order valence-electron chi connectivity index (χ4n) is 2.13. The van der Waals surface area contributed by atoms with Crippen molar-refractivity contribution in [2.45, 2.75) is 13.0 Å². The molecule has 0 bridgehead atoms. The van der Waals surface area contributed by atoms with Gasteiger partial charge >= 0.3 is 0 Å². The zero-order valence-corrected chi connectivity index (χ0v) is 13.0. The van der Waals surface area contributed by atoms with E-state index in [-0.39, 0.29) is 0 Å². The summed E-state index contributed by atoms with van der Waals surface area (Å²) < 4.78 is 5.19. The molecule has 0 saturated heterocycles. The molecule has 0 unspecified atom stereocenters. The topological polar surface area (TPSA) is 38.5 Å². The van der Waals surface area contributed by atoms with E-state index in [1.807, 2.05) is 30.3 Å². The molecule has 2 rings (SSSR count). The molecule has 110 valence electrons. The molecule has 4 heteroatoms. The van der Waals surface area contributed by atoms with Gasteiger partial charge in [0.2, 0.25) is 0 Å². The number of anilines is 1. The summed E-state index contributed by atoms with van der Waals surface area (Å²) in [6.45, 7) is 1.63. The Kier molecular flexibility index (Phi) is 5.58. The van der Waals surface area contributed by atoms with Gasteiger partial charge in [0.25, 0.3) is 0 Å². The van der Waals surface area contributed by atoms with Crippen LogP contribution in [0, 0.1) is 0 Å². The van der Waals surface area contributed by atoms with Crippen LogP contribution in [0.15, 0.2) is 54.6 Å². The molecule has 0 aliphatic heterocycles. The van der Waals surface area contributed by atoms with Gasteiger partial charge in [-0.2, -0.15) is 0 Å². The Labute approximate surface area is 131 Å². The van der Waals surface area contributed by atoms with Gasteiger partial charge in [-0.15, -0.1) is 0 Å². The van der Waals surface area contributed by atoms with E-state index in [0.29, 0.717) is 11.4 Å². The van der Waals surface area contributed by atoms with Crippen molar-refractivity contribution in [2.75, 3.05) is 18.6 Å². The second-order valence-corrected chi connectivity index (χ2v) is 5.35. The predicted octanol–water partition coefficient (Wildman–Crippen LogP) is 3.38. The highest BCUT2D eigenvalue weighted by Gasteiger charge is 2.08. The van der Waals surface area contributed by atoms with Gasteiger partial charge in [-0.3, -0.25) is 0 Å². The van der Waals surface area contributed by atoms with E-state index in [1.165, 1.54) is 11.3 Å². The van der Waals surface area contributed by atoms with Crippen molar-refractivity contribution in [2.24, 2.45) is 5.73 Å². The molecule has 0 saturated carbocycles. The van der Waals surface area contributed by atoms with E-state index >= 15 is 0 Å². The molecule has 2 aromatic carbocycles. The van der Waals surface area contributed by atoms with Crippen molar-refractivity contribution in [3.05, 3.63) is 60.2 Å². The Balaban J connectivity index is 2.12. The molecule has 0 aliphatic rings. The maximum Gasteiger partial charge on any atom is 0.118 e. The Morgan fingerprint density at radius 1 is 1.10 bits per heavy atom. The minimum absolute atomic E-state index is 0.547. The number of nitrogens with zero attached hydrogens (tertiary/aromatic N) is 1. The van der Waals surface area contributed by atoms with Crippen LogP contribution in [-0.4, -0.2) is 18.6 Å². The Bertz CT molecular complexity index is 569. The lowest BCUT2D eigenvalue weighted by molar-refractivity contribution is 0.414. The van der Waals surface area contributed by atoms with Crippen LogP contribution in [0.2, 0.25) is 0 Å². The van der Waals surface area contributed by atoms with Crippen molar-refractivity contribution >= 4 is 22.9 Å². The molecular weight excluding hydrogens is 280 g/mol. The summed E-state index contributed by atoms with van der Waals surface area (Å²) in [6, 6.07) is 18.4. The molecule has 3 nitrogen and oxygen atoms in total. The first-order valence-corrected chi connectivity index (χ1v) is 7.31. The fourth-order valence-corrected chi connectivity index (χ4v) is 2.23. The van der Waals surface area contributed by atoms with Crippen LogP contribution in [0.5, 0.6) is 5.75 Å². The smallest absolute Gasteiger partial charge is 0.118 e. The highest BCUT2D eigenvalue weighted by Crippen LogP contribution is 2.19. The van der Waals surface area contributed by atoms with Gasteiger partial charge in [-0.25, -0.2) is 0 Å². The van der Waals surface area contributed by atoms with Crippen molar-refractivity contribution in [1.29, 1.82) is 0 Å². The molecule has 0 heterocycles. The standard InChI is InChI=1S/C17H20N2OS/c1-20-16-9-7-14(8-10-16)13-19(12-11-17(18)21)15-5-3-2-4-6-15/h2-10H,11-13H2,1H3,(H2,18,21). The van der Waals surface area contributed by atoms with Crippen molar-refractivity contribution in [1.82, 2.24) is 0 Å². The number of nitrogens with two attached hydrogens (primary N) is 1. The molecule has 21 heavy (non-hydrogen) atoms. The van der Waals surface area contributed by atoms with Gasteiger partial charge in [0.15, 0.2) is 0 Å². The molecule has 0 radical (unpaired) electrons. The number of para-hydroxylation sites is 1. The monoisotopic (exact) mass is 300 g/mol. The molecule has 0 aromatic heterocycles. The Morgan fingerprint density at radius 3 is 2.33 bits per heavy atom. The summed E-state index contributed by atoms with van der Waals surface area (Å²) in [7, 11) is 1.67. The van der Waals surface area contributed by atoms with Crippen LogP contribution in [0.25, 0.3) is 0 Å². The first kappa shape index (κ1) is 15.3. The zero-order chi connectivity index (χ0) is 15.1. The average molecular weight is 300 g/mol. The second kappa shape index (κ2) is 7.64. The number of benzene rings is 2. The third-order valence-corrected chi connectivity index (χ3v) is 3.49. The van der Waals surface area contributed by atoms with Crippen LogP contribution in [0.4, 0.5) is 5.69 Å². The molecule has 0 spiro atoms. The SMILES string of the molecule is COc1ccc(CN(CCC(N)=S)c2ccccc2)cc1. The lowest BCUT2D eigenvalue weighted by atomic mass is 10.1. The minimum atomic E-state index is 0.547. The lowest BCUT2D eigenvalue weighted by Crippen LogP contribution is -2.27. The predicted molar refractivity (Wildman–Crippen MR) is 91.9 cm³/mol. The van der Waals surface area contributed by atoms with Gasteiger partial charge < -0.3 is 15.4 Å². The van der Waals surface area contributed by atoms with Crippen molar-refractivity contribution in [3.63, 3.8) is 0 Å². The maximum absolute atomic E-state index is 5.64. The highest BCUT2D eigenvalue weighted by molar-refractivity contribution is 7.80. The number of ether oxygens (including phenoxy) is 1. The fraction of sp³-hybridized carbons (Fsp3) is 0.235. The lowest BCUT2D eigenvalue weighted by Gasteiger charge is -2.25. The van der Waals surface area contributed by atoms with E-state index in [9.17, 15) is 0 Å². The summed E-state index contributed by atoms with van der Waals surface area (Å²) in [5, 5.41) is 0. The van der Waals surface area contributed by atoms with Crippen LogP contribution in [0.3, 0.4) is 0 Å². The van der Waals surface area contributed by atoms with E-state index in [4.69, 9.17) is 22.7 Å². The van der Waals surface area contributed by atoms with E-state index < -0.39 is 0 Å². The third kappa shape index (κ3) is 4.76.